The third-order valence-electron chi connectivity index (χ3n) is 5.50. The standard InChI is InChI=1S/C23H19F2N3OS2.ClH/c1-2-28-10-9-14-19(12-28)31-23(27-21(29)13-7-8-15(24)16(25)11-13)20(14)22-26-17-5-3-4-6-18(17)30-22;/h3-8,11H,2,9-10,12H2,1H3,(H,27,29);1H. The van der Waals surface area contributed by atoms with Gasteiger partial charge in [0.05, 0.1) is 10.2 Å². The van der Waals surface area contributed by atoms with Crippen LogP contribution in [0.2, 0.25) is 0 Å². The molecule has 0 bridgehead atoms. The van der Waals surface area contributed by atoms with E-state index in [9.17, 15) is 13.6 Å². The quantitative estimate of drug-likeness (QED) is 0.361. The number of fused-ring (bicyclic) bond motifs is 2. The van der Waals surface area contributed by atoms with E-state index in [2.05, 4.69) is 17.1 Å². The molecule has 0 spiro atoms. The van der Waals surface area contributed by atoms with Crippen LogP contribution in [0.25, 0.3) is 20.8 Å². The first kappa shape index (κ1) is 22.8. The molecule has 5 rings (SSSR count). The zero-order valence-corrected chi connectivity index (χ0v) is 19.6. The Morgan fingerprint density at radius 2 is 1.97 bits per heavy atom. The summed E-state index contributed by atoms with van der Waals surface area (Å²) in [6.07, 6.45) is 0.881. The van der Waals surface area contributed by atoms with Crippen LogP contribution in [0.3, 0.4) is 0 Å². The number of hydrogen-bond acceptors (Lipinski definition) is 5. The number of hydrogen-bond donors (Lipinski definition) is 1. The Bertz CT molecular complexity index is 1270. The molecule has 1 aliphatic rings. The molecule has 2 aromatic heterocycles. The van der Waals surface area contributed by atoms with Crippen LogP contribution in [0.4, 0.5) is 13.8 Å². The van der Waals surface area contributed by atoms with Gasteiger partial charge in [-0.2, -0.15) is 0 Å². The van der Waals surface area contributed by atoms with Crippen molar-refractivity contribution in [1.29, 1.82) is 0 Å². The summed E-state index contributed by atoms with van der Waals surface area (Å²) < 4.78 is 28.0. The van der Waals surface area contributed by atoms with Crippen LogP contribution in [-0.4, -0.2) is 28.9 Å². The first-order valence-corrected chi connectivity index (χ1v) is 11.7. The number of amides is 1. The van der Waals surface area contributed by atoms with Crippen molar-refractivity contribution in [2.45, 2.75) is 19.9 Å². The van der Waals surface area contributed by atoms with E-state index in [1.54, 1.807) is 22.7 Å². The highest BCUT2D eigenvalue weighted by Gasteiger charge is 2.27. The fourth-order valence-electron chi connectivity index (χ4n) is 3.83. The van der Waals surface area contributed by atoms with Crippen molar-refractivity contribution in [2.75, 3.05) is 18.4 Å². The molecular formula is C23H20ClF2N3OS2. The van der Waals surface area contributed by atoms with E-state index in [1.807, 2.05) is 24.3 Å². The number of benzene rings is 2. The number of halogens is 3. The topological polar surface area (TPSA) is 45.2 Å². The monoisotopic (exact) mass is 491 g/mol. The largest absolute Gasteiger partial charge is 0.313 e. The van der Waals surface area contributed by atoms with Gasteiger partial charge < -0.3 is 5.32 Å². The van der Waals surface area contributed by atoms with Crippen LogP contribution in [-0.2, 0) is 13.0 Å². The Balaban J connectivity index is 0.00000245. The minimum absolute atomic E-state index is 0. The maximum absolute atomic E-state index is 13.6. The molecule has 32 heavy (non-hydrogen) atoms. The lowest BCUT2D eigenvalue weighted by Gasteiger charge is -2.25. The summed E-state index contributed by atoms with van der Waals surface area (Å²) in [5, 5.41) is 4.52. The number of nitrogens with zero attached hydrogens (tertiary/aromatic N) is 2. The molecule has 0 atom stereocenters. The van der Waals surface area contributed by atoms with E-state index in [-0.39, 0.29) is 18.0 Å². The van der Waals surface area contributed by atoms with Crippen molar-refractivity contribution in [1.82, 2.24) is 9.88 Å². The molecule has 0 aliphatic carbocycles. The van der Waals surface area contributed by atoms with Gasteiger partial charge in [0.15, 0.2) is 11.6 Å². The van der Waals surface area contributed by atoms with Gasteiger partial charge in [0.2, 0.25) is 0 Å². The number of thiophene rings is 1. The molecule has 0 unspecified atom stereocenters. The first-order valence-electron chi connectivity index (χ1n) is 10.0. The number of carbonyl (C=O) groups is 1. The van der Waals surface area contributed by atoms with Crippen LogP contribution in [0.15, 0.2) is 42.5 Å². The molecule has 1 N–H and O–H groups in total. The van der Waals surface area contributed by atoms with Gasteiger partial charge in [-0.25, -0.2) is 13.8 Å². The maximum atomic E-state index is 13.6. The van der Waals surface area contributed by atoms with E-state index in [4.69, 9.17) is 4.98 Å². The highest BCUT2D eigenvalue weighted by Crippen LogP contribution is 2.45. The third kappa shape index (κ3) is 4.15. The van der Waals surface area contributed by atoms with E-state index < -0.39 is 17.5 Å². The Kier molecular flexibility index (Phi) is 6.57. The molecule has 0 fully saturated rings. The minimum atomic E-state index is -1.04. The predicted molar refractivity (Wildman–Crippen MR) is 129 cm³/mol. The molecule has 2 aromatic carbocycles. The van der Waals surface area contributed by atoms with Crippen molar-refractivity contribution < 1.29 is 13.6 Å². The number of aromatic nitrogens is 1. The second-order valence-corrected chi connectivity index (χ2v) is 9.53. The average Bonchev–Trinajstić information content (AvgIpc) is 3.35. The van der Waals surface area contributed by atoms with E-state index in [1.165, 1.54) is 16.5 Å². The van der Waals surface area contributed by atoms with Crippen LogP contribution in [0.1, 0.15) is 27.7 Å². The smallest absolute Gasteiger partial charge is 0.256 e. The van der Waals surface area contributed by atoms with Gasteiger partial charge in [-0.1, -0.05) is 19.1 Å². The molecule has 0 saturated heterocycles. The minimum Gasteiger partial charge on any atom is -0.313 e. The van der Waals surface area contributed by atoms with Crippen LogP contribution < -0.4 is 5.32 Å². The van der Waals surface area contributed by atoms with Crippen LogP contribution >= 0.6 is 35.1 Å². The zero-order chi connectivity index (χ0) is 21.5. The van der Waals surface area contributed by atoms with Crippen molar-refractivity contribution in [3.8, 4) is 10.6 Å². The Morgan fingerprint density at radius 3 is 2.72 bits per heavy atom. The first-order chi connectivity index (χ1) is 15.0. The van der Waals surface area contributed by atoms with E-state index in [0.717, 1.165) is 59.0 Å². The molecule has 0 saturated carbocycles. The van der Waals surface area contributed by atoms with Gasteiger partial charge in [0.25, 0.3) is 5.91 Å². The van der Waals surface area contributed by atoms with Crippen LogP contribution in [0, 0.1) is 11.6 Å². The van der Waals surface area contributed by atoms with Crippen LogP contribution in [0.5, 0.6) is 0 Å². The molecule has 166 valence electrons. The van der Waals surface area contributed by atoms with Gasteiger partial charge in [-0.15, -0.1) is 35.1 Å². The lowest BCUT2D eigenvalue weighted by molar-refractivity contribution is 0.102. The Hall–Kier alpha value is -2.39. The van der Waals surface area contributed by atoms with E-state index in [0.29, 0.717) is 5.00 Å². The number of likely N-dealkylation sites (N-methyl/N-ethyl adjacent to an activating group) is 1. The number of carbonyl (C=O) groups excluding carboxylic acids is 1. The highest BCUT2D eigenvalue weighted by molar-refractivity contribution is 7.23. The van der Waals surface area contributed by atoms with Gasteiger partial charge in [0.1, 0.15) is 10.0 Å². The fraction of sp³-hybridized carbons (Fsp3) is 0.217. The van der Waals surface area contributed by atoms with Gasteiger partial charge in [-0.3, -0.25) is 9.69 Å². The predicted octanol–water partition coefficient (Wildman–Crippen LogP) is 6.36. The van der Waals surface area contributed by atoms with Crippen molar-refractivity contribution in [3.63, 3.8) is 0 Å². The summed E-state index contributed by atoms with van der Waals surface area (Å²) in [4.78, 5) is 21.2. The molecule has 0 radical (unpaired) electrons. The normalized spacial score (nSPS) is 13.6. The highest BCUT2D eigenvalue weighted by atomic mass is 35.5. The SMILES string of the molecule is CCN1CCc2c(sc(NC(=O)c3ccc(F)c(F)c3)c2-c2nc3ccccc3s2)C1.Cl. The zero-order valence-electron chi connectivity index (χ0n) is 17.2. The second-order valence-electron chi connectivity index (χ2n) is 7.40. The Morgan fingerprint density at radius 1 is 1.16 bits per heavy atom. The lowest BCUT2D eigenvalue weighted by atomic mass is 10.0. The maximum Gasteiger partial charge on any atom is 0.256 e. The van der Waals surface area contributed by atoms with Crippen molar-refractivity contribution in [2.24, 2.45) is 0 Å². The summed E-state index contributed by atoms with van der Waals surface area (Å²) in [5.74, 6) is -2.48. The molecule has 9 heteroatoms. The number of thiazole rings is 1. The third-order valence-corrected chi connectivity index (χ3v) is 7.69. The number of anilines is 1. The van der Waals surface area contributed by atoms with Crippen molar-refractivity contribution >= 4 is 56.2 Å². The molecule has 3 heterocycles. The second kappa shape index (κ2) is 9.23. The lowest BCUT2D eigenvalue weighted by Crippen LogP contribution is -2.29. The van der Waals surface area contributed by atoms with E-state index >= 15 is 0 Å². The summed E-state index contributed by atoms with van der Waals surface area (Å²) >= 11 is 3.14. The van der Waals surface area contributed by atoms with Crippen molar-refractivity contribution in [3.05, 3.63) is 70.1 Å². The molecule has 1 aliphatic heterocycles. The molecule has 4 aromatic rings. The number of rotatable bonds is 4. The molecule has 1 amide bonds. The summed E-state index contributed by atoms with van der Waals surface area (Å²) in [6.45, 7) is 4.88. The molecular weight excluding hydrogens is 472 g/mol. The Labute approximate surface area is 198 Å². The van der Waals surface area contributed by atoms with Gasteiger partial charge in [-0.05, 0) is 48.9 Å². The number of para-hydroxylation sites is 1. The summed E-state index contributed by atoms with van der Waals surface area (Å²) in [5.41, 5.74) is 3.17. The average molecular weight is 492 g/mol. The summed E-state index contributed by atoms with van der Waals surface area (Å²) in [7, 11) is 0. The van der Waals surface area contributed by atoms with Gasteiger partial charge in [0, 0.05) is 29.1 Å². The number of nitrogens with one attached hydrogen (secondary N) is 1. The van der Waals surface area contributed by atoms with Gasteiger partial charge >= 0.3 is 0 Å². The fourth-order valence-corrected chi connectivity index (χ4v) is 6.23. The summed E-state index contributed by atoms with van der Waals surface area (Å²) in [6, 6.07) is 11.1. The molecule has 4 nitrogen and oxygen atoms in total.